The first-order chi connectivity index (χ1) is 17.6. The molecule has 3 atom stereocenters. The number of carbonyl (C=O) groups is 3. The van der Waals surface area contributed by atoms with E-state index in [1.165, 1.54) is 19.8 Å². The lowest BCUT2D eigenvalue weighted by atomic mass is 9.90. The molecule has 1 aliphatic rings. The lowest BCUT2D eigenvalue weighted by Crippen LogP contribution is -2.47. The van der Waals surface area contributed by atoms with E-state index in [0.717, 1.165) is 56.1 Å². The average Bonchev–Trinajstić information content (AvgIpc) is 3.15. The molecule has 7 heteroatoms. The maximum Gasteiger partial charge on any atom is 0.247 e. The molecule has 0 saturated heterocycles. The van der Waals surface area contributed by atoms with Gasteiger partial charge in [0.05, 0.1) is 6.04 Å². The highest BCUT2D eigenvalue weighted by Gasteiger charge is 2.30. The first kappa shape index (κ1) is 30.6. The van der Waals surface area contributed by atoms with E-state index < -0.39 is 12.1 Å². The largest absolute Gasteiger partial charge is 0.344 e. The molecule has 3 amide bonds. The zero-order valence-corrected chi connectivity index (χ0v) is 23.4. The fraction of sp³-hybridized carbons (Fsp3) is 0.633. The number of nitrogens with one attached hydrogen (secondary N) is 2. The molecule has 0 unspecified atom stereocenters. The Labute approximate surface area is 223 Å². The molecule has 0 aliphatic heterocycles. The number of nitrogens with zero attached hydrogens (tertiary/aromatic N) is 1. The summed E-state index contributed by atoms with van der Waals surface area (Å²) in [6.07, 6.45) is 9.10. The van der Waals surface area contributed by atoms with Gasteiger partial charge in [-0.05, 0) is 62.6 Å². The van der Waals surface area contributed by atoms with E-state index in [2.05, 4.69) is 24.1 Å². The van der Waals surface area contributed by atoms with Crippen molar-refractivity contribution in [2.45, 2.75) is 103 Å². The van der Waals surface area contributed by atoms with E-state index in [0.29, 0.717) is 18.8 Å². The van der Waals surface area contributed by atoms with Crippen LogP contribution in [0, 0.1) is 5.92 Å². The maximum absolute atomic E-state index is 13.2. The molecule has 0 aromatic heterocycles. The van der Waals surface area contributed by atoms with Crippen molar-refractivity contribution in [1.29, 1.82) is 0 Å². The lowest BCUT2D eigenvalue weighted by molar-refractivity contribution is -0.133. The highest BCUT2D eigenvalue weighted by molar-refractivity contribution is 5.97. The molecule has 4 N–H and O–H groups in total. The Balaban J connectivity index is 2.04. The summed E-state index contributed by atoms with van der Waals surface area (Å²) >= 11 is 0. The molecule has 0 spiro atoms. The zero-order valence-electron chi connectivity index (χ0n) is 23.4. The van der Waals surface area contributed by atoms with Crippen molar-refractivity contribution in [2.24, 2.45) is 11.7 Å². The summed E-state index contributed by atoms with van der Waals surface area (Å²) in [6.45, 7) is 12.8. The summed E-state index contributed by atoms with van der Waals surface area (Å²) in [5.41, 5.74) is 9.16. The number of allylic oxidation sites excluding steroid dienone is 1. The van der Waals surface area contributed by atoms with Gasteiger partial charge in [0.25, 0.3) is 0 Å². The monoisotopic (exact) mass is 512 g/mol. The molecule has 0 bridgehead atoms. The Kier molecular flexibility index (Phi) is 12.8. The van der Waals surface area contributed by atoms with Gasteiger partial charge in [-0.2, -0.15) is 0 Å². The van der Waals surface area contributed by atoms with Crippen LogP contribution in [0.3, 0.4) is 0 Å². The molecule has 2 rings (SSSR count). The molecular formula is C30H48N4O3. The summed E-state index contributed by atoms with van der Waals surface area (Å²) < 4.78 is 0. The molecule has 0 heterocycles. The second-order valence-corrected chi connectivity index (χ2v) is 10.7. The zero-order chi connectivity index (χ0) is 27.4. The molecule has 1 aromatic carbocycles. The van der Waals surface area contributed by atoms with Gasteiger partial charge in [0, 0.05) is 31.6 Å². The normalized spacial score (nSPS) is 16.7. The highest BCUT2D eigenvalue weighted by Crippen LogP contribution is 2.27. The molecule has 206 valence electrons. The van der Waals surface area contributed by atoms with Crippen molar-refractivity contribution in [3.05, 3.63) is 42.0 Å². The molecule has 1 aromatic rings. The van der Waals surface area contributed by atoms with Crippen LogP contribution >= 0.6 is 0 Å². The van der Waals surface area contributed by atoms with Crippen molar-refractivity contribution in [3.8, 4) is 0 Å². The topological polar surface area (TPSA) is 105 Å². The summed E-state index contributed by atoms with van der Waals surface area (Å²) in [6, 6.07) is 6.34. The number of benzene rings is 1. The summed E-state index contributed by atoms with van der Waals surface area (Å²) in [5.74, 6) is -0.425. The van der Waals surface area contributed by atoms with Gasteiger partial charge in [-0.15, -0.1) is 6.58 Å². The number of rotatable bonds is 13. The van der Waals surface area contributed by atoms with Crippen LogP contribution in [0.5, 0.6) is 0 Å². The van der Waals surface area contributed by atoms with Crippen molar-refractivity contribution in [1.82, 2.24) is 10.2 Å². The van der Waals surface area contributed by atoms with Crippen molar-refractivity contribution < 1.29 is 14.4 Å². The third-order valence-electron chi connectivity index (χ3n) is 7.38. The Morgan fingerprint density at radius 3 is 2.22 bits per heavy atom. The third-order valence-corrected chi connectivity index (χ3v) is 7.38. The van der Waals surface area contributed by atoms with E-state index in [1.807, 2.05) is 43.0 Å². The molecule has 1 fully saturated rings. The van der Waals surface area contributed by atoms with Crippen molar-refractivity contribution in [3.63, 3.8) is 0 Å². The number of amides is 3. The number of hydrogen-bond acceptors (Lipinski definition) is 4. The van der Waals surface area contributed by atoms with E-state index in [4.69, 9.17) is 5.73 Å². The predicted molar refractivity (Wildman–Crippen MR) is 151 cm³/mol. The quantitative estimate of drug-likeness (QED) is 0.252. The highest BCUT2D eigenvalue weighted by atomic mass is 16.2. The van der Waals surface area contributed by atoms with Gasteiger partial charge in [0.1, 0.15) is 6.04 Å². The average molecular weight is 513 g/mol. The van der Waals surface area contributed by atoms with Crippen LogP contribution in [0.4, 0.5) is 5.69 Å². The molecule has 1 saturated carbocycles. The van der Waals surface area contributed by atoms with E-state index >= 15 is 0 Å². The van der Waals surface area contributed by atoms with Gasteiger partial charge in [-0.1, -0.05) is 57.2 Å². The number of hydrogen-bond donors (Lipinski definition) is 3. The smallest absolute Gasteiger partial charge is 0.247 e. The van der Waals surface area contributed by atoms with Crippen LogP contribution in [0.15, 0.2) is 36.4 Å². The van der Waals surface area contributed by atoms with E-state index in [1.54, 1.807) is 0 Å². The predicted octanol–water partition coefficient (Wildman–Crippen LogP) is 5.13. The Bertz CT molecular complexity index is 891. The Morgan fingerprint density at radius 2 is 1.68 bits per heavy atom. The third kappa shape index (κ3) is 9.95. The Morgan fingerprint density at radius 1 is 1.05 bits per heavy atom. The summed E-state index contributed by atoms with van der Waals surface area (Å²) in [4.78, 5) is 40.0. The van der Waals surface area contributed by atoms with Gasteiger partial charge in [0.2, 0.25) is 17.7 Å². The summed E-state index contributed by atoms with van der Waals surface area (Å²) in [5, 5.41) is 5.86. The van der Waals surface area contributed by atoms with E-state index in [9.17, 15) is 14.4 Å². The summed E-state index contributed by atoms with van der Waals surface area (Å²) in [7, 11) is 0. The van der Waals surface area contributed by atoms with Crippen LogP contribution in [0.2, 0.25) is 0 Å². The SMILES string of the molecule is C=C(C)CCCN(CCC)C(=O)[C@H](N)[C@@H](C)c1ccc(NC(=O)[C@@H](NC(C)=O)C2CCCCCC2)cc1. The number of anilines is 1. The standard InChI is InChI=1S/C30H48N4O3/c1-6-19-34(20-11-12-21(2)3)30(37)27(31)22(4)24-15-17-26(18-16-24)33-29(36)28(32-23(5)35)25-13-9-7-8-10-14-25/h15-18,22,25,27-28H,2,6-14,19-20,31H2,1,3-5H3,(H,32,35)(H,33,36)/t22-,27+,28-/m0/s1. The van der Waals surface area contributed by atoms with Crippen LogP contribution in [0.1, 0.15) is 97.0 Å². The molecule has 37 heavy (non-hydrogen) atoms. The van der Waals surface area contributed by atoms with Gasteiger partial charge in [-0.3, -0.25) is 14.4 Å². The van der Waals surface area contributed by atoms with Crippen molar-refractivity contribution >= 4 is 23.4 Å². The fourth-order valence-corrected chi connectivity index (χ4v) is 5.16. The Hall–Kier alpha value is -2.67. The van der Waals surface area contributed by atoms with E-state index in [-0.39, 0.29) is 29.6 Å². The maximum atomic E-state index is 13.2. The van der Waals surface area contributed by atoms with Gasteiger partial charge in [0.15, 0.2) is 0 Å². The second kappa shape index (κ2) is 15.6. The number of carbonyl (C=O) groups excluding carboxylic acids is 3. The van der Waals surface area contributed by atoms with Crippen molar-refractivity contribution in [2.75, 3.05) is 18.4 Å². The van der Waals surface area contributed by atoms with Crippen LogP contribution in [-0.4, -0.2) is 47.8 Å². The van der Waals surface area contributed by atoms with Crippen LogP contribution in [-0.2, 0) is 14.4 Å². The second-order valence-electron chi connectivity index (χ2n) is 10.7. The van der Waals surface area contributed by atoms with Crippen LogP contribution in [0.25, 0.3) is 0 Å². The molecule has 7 nitrogen and oxygen atoms in total. The molecule has 0 radical (unpaired) electrons. The minimum absolute atomic E-state index is 0.0324. The first-order valence-corrected chi connectivity index (χ1v) is 14.0. The number of nitrogens with two attached hydrogens (primary N) is 1. The van der Waals surface area contributed by atoms with Gasteiger partial charge < -0.3 is 21.3 Å². The minimum Gasteiger partial charge on any atom is -0.344 e. The molecule has 1 aliphatic carbocycles. The van der Waals surface area contributed by atoms with Gasteiger partial charge in [-0.25, -0.2) is 0 Å². The van der Waals surface area contributed by atoms with Crippen LogP contribution < -0.4 is 16.4 Å². The minimum atomic E-state index is -0.642. The fourth-order valence-electron chi connectivity index (χ4n) is 5.16. The first-order valence-electron chi connectivity index (χ1n) is 14.0. The molecular weight excluding hydrogens is 464 g/mol. The van der Waals surface area contributed by atoms with Gasteiger partial charge >= 0.3 is 0 Å². The lowest BCUT2D eigenvalue weighted by Gasteiger charge is -2.28.